The number of benzene rings is 1. The minimum absolute atomic E-state index is 0. The first-order valence-corrected chi connectivity index (χ1v) is 4.22. The van der Waals surface area contributed by atoms with Crippen molar-refractivity contribution in [3.8, 4) is 0 Å². The molecule has 0 saturated carbocycles. The van der Waals surface area contributed by atoms with Crippen LogP contribution < -0.4 is 15.1 Å². The molecule has 11 heavy (non-hydrogen) atoms. The van der Waals surface area contributed by atoms with Gasteiger partial charge in [-0.3, -0.25) is 0 Å². The van der Waals surface area contributed by atoms with Crippen LogP contribution in [0.25, 0.3) is 0 Å². The van der Waals surface area contributed by atoms with Gasteiger partial charge in [0.15, 0.2) is 0 Å². The van der Waals surface area contributed by atoms with Crippen LogP contribution in [-0.2, 0) is 26.9 Å². The Kier molecular flexibility index (Phi) is 4.26. The molecule has 0 bridgehead atoms. The summed E-state index contributed by atoms with van der Waals surface area (Å²) in [5.41, 5.74) is 0. The summed E-state index contributed by atoms with van der Waals surface area (Å²) >= 11 is 0. The first-order valence-electron chi connectivity index (χ1n) is 2.68. The molecule has 1 aromatic carbocycles. The largest absolute Gasteiger partial charge is 0.807 e. The maximum Gasteiger partial charge on any atom is 0 e. The second-order valence-corrected chi connectivity index (χ2v) is 3.34. The summed E-state index contributed by atoms with van der Waals surface area (Å²) in [7, 11) is -4.52. The van der Waals surface area contributed by atoms with E-state index in [1.165, 1.54) is 24.3 Å². The molecular weight excluding hydrogens is 259 g/mol. The van der Waals surface area contributed by atoms with Crippen LogP contribution in [0.4, 0.5) is 0 Å². The van der Waals surface area contributed by atoms with Gasteiger partial charge in [0.25, 0.3) is 0 Å². The van der Waals surface area contributed by atoms with Crippen LogP contribution in [-0.4, -0.2) is 0 Å². The third kappa shape index (κ3) is 3.34. The van der Waals surface area contributed by atoms with Gasteiger partial charge in [0.2, 0.25) is 0 Å². The van der Waals surface area contributed by atoms with Gasteiger partial charge in [0.05, 0.1) is 0 Å². The van der Waals surface area contributed by atoms with Crippen LogP contribution in [0.15, 0.2) is 30.3 Å². The van der Waals surface area contributed by atoms with Gasteiger partial charge in [0.1, 0.15) is 0 Å². The fraction of sp³-hybridized carbons (Fsp3) is 0. The van der Waals surface area contributed by atoms with Crippen molar-refractivity contribution in [1.82, 2.24) is 0 Å². The van der Waals surface area contributed by atoms with E-state index in [-0.39, 0.29) is 27.7 Å². The molecule has 3 nitrogen and oxygen atoms in total. The van der Waals surface area contributed by atoms with Gasteiger partial charge in [-0.1, -0.05) is 30.3 Å². The van der Waals surface area contributed by atoms with E-state index < -0.39 is 7.60 Å². The van der Waals surface area contributed by atoms with Crippen molar-refractivity contribution in [2.24, 2.45) is 0 Å². The quantitative estimate of drug-likeness (QED) is 0.494. The van der Waals surface area contributed by atoms with E-state index in [2.05, 4.69) is 0 Å². The average molecular weight is 264 g/mol. The average Bonchev–Trinajstić information content (AvgIpc) is 1.88. The van der Waals surface area contributed by atoms with E-state index in [9.17, 15) is 14.4 Å². The Morgan fingerprint density at radius 3 is 1.82 bits per heavy atom. The van der Waals surface area contributed by atoms with Crippen molar-refractivity contribution in [3.63, 3.8) is 0 Å². The van der Waals surface area contributed by atoms with Crippen LogP contribution in [0, 0.1) is 0 Å². The second-order valence-electron chi connectivity index (χ2n) is 1.83. The van der Waals surface area contributed by atoms with E-state index >= 15 is 0 Å². The number of hydrogen-bond acceptors (Lipinski definition) is 3. The Labute approximate surface area is 80.1 Å². The monoisotopic (exact) mass is 263 g/mol. The van der Waals surface area contributed by atoms with E-state index in [0.717, 1.165) is 0 Å². The molecule has 0 aromatic heterocycles. The zero-order valence-electron chi connectivity index (χ0n) is 5.36. The van der Waals surface area contributed by atoms with Crippen molar-refractivity contribution in [3.05, 3.63) is 30.3 Å². The molecule has 0 aliphatic carbocycles. The van der Waals surface area contributed by atoms with Crippen molar-refractivity contribution < 1.29 is 36.7 Å². The molecule has 0 spiro atoms. The summed E-state index contributed by atoms with van der Waals surface area (Å²) in [5.74, 6) is 0. The summed E-state index contributed by atoms with van der Waals surface area (Å²) in [5, 5.41) is -0.157. The molecule has 0 aliphatic heterocycles. The van der Waals surface area contributed by atoms with Gasteiger partial charge in [-0.05, 0) is 12.9 Å². The molecule has 0 N–H and O–H groups in total. The topological polar surface area (TPSA) is 63.2 Å². The fourth-order valence-corrected chi connectivity index (χ4v) is 1.15. The van der Waals surface area contributed by atoms with E-state index in [0.29, 0.717) is 0 Å². The molecule has 0 fully saturated rings. The molecule has 0 atom stereocenters. The van der Waals surface area contributed by atoms with Gasteiger partial charge in [-0.25, -0.2) is 0 Å². The summed E-state index contributed by atoms with van der Waals surface area (Å²) in [4.78, 5) is 20.6. The van der Waals surface area contributed by atoms with Crippen molar-refractivity contribution >= 4 is 12.9 Å². The third-order valence-electron chi connectivity index (χ3n) is 1.07. The van der Waals surface area contributed by atoms with Gasteiger partial charge in [-0.2, -0.15) is 0 Å². The Hall–Kier alpha value is 0.110. The Morgan fingerprint density at radius 2 is 1.55 bits per heavy atom. The Bertz CT molecular complexity index is 256. The standard InChI is InChI=1S/C6H7O3P.Ag/c7-10(8,9)6-4-2-1-3-5-6;/h1-5H,(H2,7,8,9);/p-2. The normalized spacial score (nSPS) is 10.4. The minimum atomic E-state index is -4.52. The maximum absolute atomic E-state index is 10.3. The van der Waals surface area contributed by atoms with Crippen molar-refractivity contribution in [1.29, 1.82) is 0 Å². The van der Waals surface area contributed by atoms with Crippen LogP contribution in [0.3, 0.4) is 0 Å². The molecule has 5 heteroatoms. The minimum Gasteiger partial charge on any atom is -0.807 e. The van der Waals surface area contributed by atoms with E-state index in [1.54, 1.807) is 6.07 Å². The summed E-state index contributed by atoms with van der Waals surface area (Å²) in [6.07, 6.45) is 0. The Balaban J connectivity index is 0.000001000. The van der Waals surface area contributed by atoms with Crippen LogP contribution in [0.2, 0.25) is 0 Å². The molecule has 0 amide bonds. The molecule has 0 saturated heterocycles. The fourth-order valence-electron chi connectivity index (χ4n) is 0.611. The predicted molar refractivity (Wildman–Crippen MR) is 33.7 cm³/mol. The number of rotatable bonds is 1. The molecule has 0 heterocycles. The molecule has 0 unspecified atom stereocenters. The van der Waals surface area contributed by atoms with Crippen molar-refractivity contribution in [2.75, 3.05) is 0 Å². The zero-order chi connectivity index (χ0) is 7.61. The van der Waals surface area contributed by atoms with E-state index in [4.69, 9.17) is 0 Å². The number of hydrogen-bond donors (Lipinski definition) is 0. The van der Waals surface area contributed by atoms with Crippen LogP contribution >= 0.6 is 7.60 Å². The van der Waals surface area contributed by atoms with Gasteiger partial charge < -0.3 is 14.4 Å². The van der Waals surface area contributed by atoms with E-state index in [1.807, 2.05) is 0 Å². The first-order chi connectivity index (χ1) is 4.61. The van der Waals surface area contributed by atoms with Crippen molar-refractivity contribution in [2.45, 2.75) is 0 Å². The predicted octanol–water partition coefficient (Wildman–Crippen LogP) is -0.777. The third-order valence-corrected chi connectivity index (χ3v) is 2.00. The molecule has 65 valence electrons. The molecule has 1 rings (SSSR count). The smallest absolute Gasteiger partial charge is 0 e. The van der Waals surface area contributed by atoms with Crippen LogP contribution in [0.5, 0.6) is 0 Å². The molecular formula is C6H5AgO3P-2. The van der Waals surface area contributed by atoms with Gasteiger partial charge in [0, 0.05) is 22.4 Å². The molecule has 1 radical (unpaired) electrons. The first kappa shape index (κ1) is 11.1. The van der Waals surface area contributed by atoms with Crippen LogP contribution in [0.1, 0.15) is 0 Å². The second kappa shape index (κ2) is 4.21. The molecule has 1 aromatic rings. The summed E-state index contributed by atoms with van der Waals surface area (Å²) < 4.78 is 10.3. The summed E-state index contributed by atoms with van der Waals surface area (Å²) in [6.45, 7) is 0. The van der Waals surface area contributed by atoms with Gasteiger partial charge in [-0.15, -0.1) is 0 Å². The molecule has 0 aliphatic rings. The SMILES string of the molecule is O=P([O-])([O-])c1ccccc1.[Ag]. The summed E-state index contributed by atoms with van der Waals surface area (Å²) in [6, 6.07) is 7.23. The maximum atomic E-state index is 10.3. The Morgan fingerprint density at radius 1 is 1.09 bits per heavy atom. The van der Waals surface area contributed by atoms with Gasteiger partial charge >= 0.3 is 0 Å². The zero-order valence-corrected chi connectivity index (χ0v) is 7.74.